The molecule has 1 amide bonds. The van der Waals surface area contributed by atoms with Gasteiger partial charge in [0.15, 0.2) is 10.3 Å². The molecular weight excluding hydrogens is 356 g/mol. The molecule has 2 aromatic heterocycles. The molecule has 0 aliphatic heterocycles. The largest absolute Gasteiger partial charge is 0.301 e. The average Bonchev–Trinajstić information content (AvgIpc) is 3.10. The molecule has 0 atom stereocenters. The summed E-state index contributed by atoms with van der Waals surface area (Å²) < 4.78 is 0. The number of nitrogens with one attached hydrogen (secondary N) is 2. The third-order valence-electron chi connectivity index (χ3n) is 3.44. The van der Waals surface area contributed by atoms with Crippen molar-refractivity contribution in [3.05, 3.63) is 69.1 Å². The summed E-state index contributed by atoms with van der Waals surface area (Å²) in [6.45, 7) is 1.81. The number of aromatic nitrogens is 3. The van der Waals surface area contributed by atoms with Crippen molar-refractivity contribution in [1.82, 2.24) is 15.0 Å². The number of hydrogen-bond acceptors (Lipinski definition) is 6. The highest BCUT2D eigenvalue weighted by molar-refractivity contribution is 7.99. The third-order valence-corrected chi connectivity index (χ3v) is 5.00. The van der Waals surface area contributed by atoms with E-state index in [-0.39, 0.29) is 17.2 Å². The van der Waals surface area contributed by atoms with Crippen molar-refractivity contribution in [2.45, 2.75) is 18.5 Å². The van der Waals surface area contributed by atoms with E-state index >= 15 is 0 Å². The summed E-state index contributed by atoms with van der Waals surface area (Å²) in [6.07, 6.45) is 2.16. The van der Waals surface area contributed by atoms with E-state index in [0.717, 1.165) is 5.56 Å². The minimum Gasteiger partial charge on any atom is -0.301 e. The Kier molecular flexibility index (Phi) is 5.62. The van der Waals surface area contributed by atoms with Gasteiger partial charge in [-0.15, -0.1) is 11.3 Å². The van der Waals surface area contributed by atoms with Gasteiger partial charge in [-0.3, -0.25) is 9.59 Å². The van der Waals surface area contributed by atoms with E-state index in [1.807, 2.05) is 37.3 Å². The molecule has 0 bridgehead atoms. The van der Waals surface area contributed by atoms with Crippen LogP contribution in [-0.4, -0.2) is 26.6 Å². The Morgan fingerprint density at radius 1 is 1.32 bits per heavy atom. The molecule has 25 heavy (non-hydrogen) atoms. The van der Waals surface area contributed by atoms with E-state index < -0.39 is 0 Å². The molecule has 0 saturated carbocycles. The van der Waals surface area contributed by atoms with Gasteiger partial charge in [0.1, 0.15) is 0 Å². The van der Waals surface area contributed by atoms with Gasteiger partial charge in [0.2, 0.25) is 5.91 Å². The lowest BCUT2D eigenvalue weighted by Gasteiger charge is -2.07. The summed E-state index contributed by atoms with van der Waals surface area (Å²) in [4.78, 5) is 35.4. The second-order valence-electron chi connectivity index (χ2n) is 5.27. The topological polar surface area (TPSA) is 87.7 Å². The zero-order chi connectivity index (χ0) is 17.6. The van der Waals surface area contributed by atoms with Crippen molar-refractivity contribution < 1.29 is 4.79 Å². The Bertz CT molecular complexity index is 908. The summed E-state index contributed by atoms with van der Waals surface area (Å²) in [5.74, 6) is -0.0337. The van der Waals surface area contributed by atoms with Gasteiger partial charge in [-0.1, -0.05) is 42.1 Å². The maximum absolute atomic E-state index is 12.3. The van der Waals surface area contributed by atoms with Crippen LogP contribution in [0.2, 0.25) is 0 Å². The van der Waals surface area contributed by atoms with E-state index in [9.17, 15) is 9.59 Å². The van der Waals surface area contributed by atoms with Crippen molar-refractivity contribution in [3.8, 4) is 0 Å². The lowest BCUT2D eigenvalue weighted by atomic mass is 10.1. The minimum absolute atomic E-state index is 0.153. The van der Waals surface area contributed by atoms with Gasteiger partial charge in [-0.2, -0.15) is 0 Å². The number of aryl methyl sites for hydroxylation is 1. The van der Waals surface area contributed by atoms with Crippen LogP contribution < -0.4 is 10.9 Å². The normalized spacial score (nSPS) is 10.6. The molecule has 128 valence electrons. The van der Waals surface area contributed by atoms with Crippen molar-refractivity contribution >= 4 is 34.1 Å². The summed E-state index contributed by atoms with van der Waals surface area (Å²) in [7, 11) is 0. The van der Waals surface area contributed by atoms with Gasteiger partial charge in [-0.25, -0.2) is 9.97 Å². The van der Waals surface area contributed by atoms with Gasteiger partial charge in [0.05, 0.1) is 5.75 Å². The van der Waals surface area contributed by atoms with Crippen molar-refractivity contribution in [2.24, 2.45) is 0 Å². The number of aromatic amines is 1. The van der Waals surface area contributed by atoms with Crippen LogP contribution in [-0.2, 0) is 11.2 Å². The number of hydrogen-bond donors (Lipinski definition) is 2. The van der Waals surface area contributed by atoms with Gasteiger partial charge in [-0.05, 0) is 12.5 Å². The molecule has 0 spiro atoms. The summed E-state index contributed by atoms with van der Waals surface area (Å²) in [5.41, 5.74) is 2.21. The number of carbonyl (C=O) groups excluding carboxylic acids is 1. The quantitative estimate of drug-likeness (QED) is 0.513. The van der Waals surface area contributed by atoms with Gasteiger partial charge >= 0.3 is 0 Å². The predicted molar refractivity (Wildman–Crippen MR) is 100 cm³/mol. The first-order valence-corrected chi connectivity index (χ1v) is 9.44. The molecule has 0 saturated heterocycles. The van der Waals surface area contributed by atoms with Crippen LogP contribution in [0, 0.1) is 6.92 Å². The van der Waals surface area contributed by atoms with E-state index in [1.165, 1.54) is 23.1 Å². The molecule has 0 aliphatic carbocycles. The third kappa shape index (κ3) is 4.77. The first-order valence-electron chi connectivity index (χ1n) is 7.57. The number of amides is 1. The SMILES string of the molecule is Cc1nc(SCC(=O)Nc2nccs2)[nH]c(=O)c1Cc1ccccc1. The van der Waals surface area contributed by atoms with E-state index in [1.54, 1.807) is 11.6 Å². The Hall–Kier alpha value is -2.45. The molecule has 3 aromatic rings. The fourth-order valence-corrected chi connectivity index (χ4v) is 3.49. The number of nitrogens with zero attached hydrogens (tertiary/aromatic N) is 2. The van der Waals surface area contributed by atoms with Crippen LogP contribution in [0.1, 0.15) is 16.8 Å². The maximum atomic E-state index is 12.3. The predicted octanol–water partition coefficient (Wildman–Crippen LogP) is 2.86. The van der Waals surface area contributed by atoms with Crippen molar-refractivity contribution in [1.29, 1.82) is 0 Å². The lowest BCUT2D eigenvalue weighted by Crippen LogP contribution is -2.19. The minimum atomic E-state index is -0.186. The van der Waals surface area contributed by atoms with E-state index in [0.29, 0.717) is 28.0 Å². The fraction of sp³-hybridized carbons (Fsp3) is 0.176. The highest BCUT2D eigenvalue weighted by atomic mass is 32.2. The fourth-order valence-electron chi connectivity index (χ4n) is 2.24. The number of anilines is 1. The summed E-state index contributed by atoms with van der Waals surface area (Å²) in [5, 5.41) is 5.48. The standard InChI is InChI=1S/C17H16N4O2S2/c1-11-13(9-12-5-3-2-4-6-12)15(23)21-17(19-11)25-10-14(22)20-16-18-7-8-24-16/h2-8H,9-10H2,1H3,(H,18,20,22)(H,19,21,23). The number of rotatable bonds is 6. The number of benzene rings is 1. The van der Waals surface area contributed by atoms with Crippen molar-refractivity contribution in [3.63, 3.8) is 0 Å². The number of carbonyl (C=O) groups is 1. The first-order chi connectivity index (χ1) is 12.1. The zero-order valence-electron chi connectivity index (χ0n) is 13.5. The molecule has 1 aromatic carbocycles. The van der Waals surface area contributed by atoms with Crippen LogP contribution in [0.15, 0.2) is 51.9 Å². The molecule has 0 aliphatic rings. The molecule has 0 fully saturated rings. The molecule has 0 unspecified atom stereocenters. The van der Waals surface area contributed by atoms with Crippen LogP contribution >= 0.6 is 23.1 Å². The molecule has 2 heterocycles. The molecule has 2 N–H and O–H groups in total. The number of H-pyrrole nitrogens is 1. The Morgan fingerprint density at radius 3 is 2.80 bits per heavy atom. The van der Waals surface area contributed by atoms with Crippen molar-refractivity contribution in [2.75, 3.05) is 11.1 Å². The van der Waals surface area contributed by atoms with E-state index in [4.69, 9.17) is 0 Å². The maximum Gasteiger partial charge on any atom is 0.255 e. The smallest absolute Gasteiger partial charge is 0.255 e. The second-order valence-corrected chi connectivity index (χ2v) is 7.13. The molecule has 3 rings (SSSR count). The van der Waals surface area contributed by atoms with Gasteiger partial charge in [0.25, 0.3) is 5.56 Å². The molecule has 6 nitrogen and oxygen atoms in total. The Morgan fingerprint density at radius 2 is 2.12 bits per heavy atom. The first kappa shape index (κ1) is 17.4. The highest BCUT2D eigenvalue weighted by Crippen LogP contribution is 2.16. The number of thioether (sulfide) groups is 1. The van der Waals surface area contributed by atoms with Crippen LogP contribution in [0.3, 0.4) is 0 Å². The monoisotopic (exact) mass is 372 g/mol. The summed E-state index contributed by atoms with van der Waals surface area (Å²) in [6, 6.07) is 9.78. The summed E-state index contributed by atoms with van der Waals surface area (Å²) >= 11 is 2.55. The Balaban J connectivity index is 1.65. The van der Waals surface area contributed by atoms with Crippen LogP contribution in [0.5, 0.6) is 0 Å². The zero-order valence-corrected chi connectivity index (χ0v) is 15.1. The molecule has 0 radical (unpaired) electrons. The van der Waals surface area contributed by atoms with Crippen LogP contribution in [0.25, 0.3) is 0 Å². The van der Waals surface area contributed by atoms with E-state index in [2.05, 4.69) is 20.3 Å². The second kappa shape index (κ2) is 8.09. The lowest BCUT2D eigenvalue weighted by molar-refractivity contribution is -0.113. The van der Waals surface area contributed by atoms with Gasteiger partial charge < -0.3 is 10.3 Å². The molecule has 8 heteroatoms. The number of thiazole rings is 1. The molecular formula is C17H16N4O2S2. The highest BCUT2D eigenvalue weighted by Gasteiger charge is 2.11. The van der Waals surface area contributed by atoms with Gasteiger partial charge in [0, 0.05) is 29.3 Å². The average molecular weight is 372 g/mol. The Labute approximate surface area is 152 Å². The van der Waals surface area contributed by atoms with Crippen LogP contribution in [0.4, 0.5) is 5.13 Å².